The quantitative estimate of drug-likeness (QED) is 0.617. The zero-order valence-corrected chi connectivity index (χ0v) is 11.8. The molecule has 2 rings (SSSR count). The molecule has 0 aromatic carbocycles. The summed E-state index contributed by atoms with van der Waals surface area (Å²) in [4.78, 5) is 0. The first-order chi connectivity index (χ1) is 6.20. The predicted octanol–water partition coefficient (Wildman–Crippen LogP) is 4.51. The van der Waals surface area contributed by atoms with Crippen molar-refractivity contribution in [2.24, 2.45) is 0 Å². The van der Waals surface area contributed by atoms with Crippen LogP contribution in [0.25, 0.3) is 0 Å². The number of fused-ring (bicyclic) bond motifs is 1. The third-order valence-corrected chi connectivity index (χ3v) is 2.01. The maximum atomic E-state index is 5.00. The molecule has 0 saturated heterocycles. The molecule has 2 aliphatic rings. The van der Waals surface area contributed by atoms with Crippen molar-refractivity contribution in [2.75, 3.05) is 0 Å². The van der Waals surface area contributed by atoms with Crippen molar-refractivity contribution in [1.82, 2.24) is 0 Å². The Morgan fingerprint density at radius 1 is 0.923 bits per heavy atom. The molecule has 0 heterocycles. The van der Waals surface area contributed by atoms with E-state index in [-0.39, 0.29) is 0 Å². The van der Waals surface area contributed by atoms with Crippen LogP contribution < -0.4 is 0 Å². The first-order valence-corrected chi connectivity index (χ1v) is 13.6. The Kier molecular flexibility index (Phi) is 6.31. The summed E-state index contributed by atoms with van der Waals surface area (Å²) in [6.07, 6.45) is 12.7. The first-order valence-electron chi connectivity index (χ1n) is 4.10. The van der Waals surface area contributed by atoms with Gasteiger partial charge >= 0.3 is 43.7 Å². The third-order valence-electron chi connectivity index (χ3n) is 2.01. The molecule has 0 N–H and O–H groups in total. The summed E-state index contributed by atoms with van der Waals surface area (Å²) < 4.78 is 0. The maximum absolute atomic E-state index is 5.00. The van der Waals surface area contributed by atoms with Crippen LogP contribution in [0.5, 0.6) is 0 Å². The molecule has 71 valence electrons. The van der Waals surface area contributed by atoms with Crippen LogP contribution in [0.2, 0.25) is 0 Å². The van der Waals surface area contributed by atoms with Gasteiger partial charge < -0.3 is 0 Å². The van der Waals surface area contributed by atoms with Gasteiger partial charge in [-0.3, -0.25) is 0 Å². The summed E-state index contributed by atoms with van der Waals surface area (Å²) in [6.45, 7) is 0. The summed E-state index contributed by atoms with van der Waals surface area (Å²) >= 11 is -2.13. The zero-order valence-electron chi connectivity index (χ0n) is 7.06. The molecule has 0 aromatic rings. The Labute approximate surface area is 98.3 Å². The van der Waals surface area contributed by atoms with Crippen LogP contribution in [-0.2, 0) is 18.2 Å². The van der Waals surface area contributed by atoms with Gasteiger partial charge in [0.25, 0.3) is 0 Å². The van der Waals surface area contributed by atoms with Crippen LogP contribution in [0.1, 0.15) is 19.3 Å². The second-order valence-corrected chi connectivity index (χ2v) is 14.0. The molecule has 0 bridgehead atoms. The summed E-state index contributed by atoms with van der Waals surface area (Å²) in [5.41, 5.74) is 0. The summed E-state index contributed by atoms with van der Waals surface area (Å²) in [5, 5.41) is 0. The molecule has 0 spiro atoms. The van der Waals surface area contributed by atoms with Crippen LogP contribution >= 0.6 is 25.5 Å². The molecule has 0 aliphatic heterocycles. The van der Waals surface area contributed by atoms with E-state index in [1.807, 2.05) is 0 Å². The second kappa shape index (κ2) is 6.67. The van der Waals surface area contributed by atoms with Crippen molar-refractivity contribution in [3.8, 4) is 0 Å². The van der Waals surface area contributed by atoms with E-state index in [9.17, 15) is 0 Å². The van der Waals surface area contributed by atoms with Crippen LogP contribution in [0.15, 0.2) is 24.3 Å². The van der Waals surface area contributed by atoms with Gasteiger partial charge in [0.2, 0.25) is 0 Å². The molecular weight excluding hydrogens is 306 g/mol. The van der Waals surface area contributed by atoms with Crippen molar-refractivity contribution in [3.05, 3.63) is 36.1 Å². The van der Waals surface area contributed by atoms with E-state index in [2.05, 4.69) is 24.3 Å². The normalized spacial score (nSPS) is 20.8. The van der Waals surface area contributed by atoms with Gasteiger partial charge in [0.15, 0.2) is 0 Å². The number of allylic oxidation sites excluding steroid dienone is 4. The average Bonchev–Trinajstić information content (AvgIpc) is 2.49. The molecule has 0 nitrogen and oxygen atoms in total. The molecule has 4 heteroatoms. The number of rotatable bonds is 0. The van der Waals surface area contributed by atoms with E-state index in [1.54, 1.807) is 11.8 Å². The Balaban J connectivity index is 0.000000184. The number of halogens is 3. The number of hydrogen-bond donors (Lipinski definition) is 0. The van der Waals surface area contributed by atoms with E-state index in [0.717, 1.165) is 0 Å². The SMILES string of the molecule is C1=C[C]2CCC[C]2C=C1.[Cl][Zr]([Cl])[Cl]. The molecule has 1 fully saturated rings. The van der Waals surface area contributed by atoms with Gasteiger partial charge in [0, 0.05) is 11.8 Å². The average molecular weight is 316 g/mol. The monoisotopic (exact) mass is 313 g/mol. The van der Waals surface area contributed by atoms with Crippen LogP contribution in [0.3, 0.4) is 0 Å². The minimum absolute atomic E-state index is 1.30. The Morgan fingerprint density at radius 3 is 1.69 bits per heavy atom. The van der Waals surface area contributed by atoms with Crippen molar-refractivity contribution >= 4 is 25.5 Å². The molecule has 0 amide bonds. The summed E-state index contributed by atoms with van der Waals surface area (Å²) in [5.74, 6) is 3.13. The summed E-state index contributed by atoms with van der Waals surface area (Å²) in [7, 11) is 15.0. The minimum atomic E-state index is -2.13. The van der Waals surface area contributed by atoms with Crippen molar-refractivity contribution in [3.63, 3.8) is 0 Å². The fraction of sp³-hybridized carbons (Fsp3) is 0.333. The van der Waals surface area contributed by atoms with Crippen LogP contribution in [-0.4, -0.2) is 0 Å². The molecule has 2 aliphatic carbocycles. The third kappa shape index (κ3) is 5.02. The van der Waals surface area contributed by atoms with Gasteiger partial charge in [-0.1, -0.05) is 30.7 Å². The molecule has 1 saturated carbocycles. The van der Waals surface area contributed by atoms with Gasteiger partial charge in [-0.05, 0) is 12.8 Å². The second-order valence-electron chi connectivity index (χ2n) is 2.84. The van der Waals surface area contributed by atoms with Crippen molar-refractivity contribution in [2.45, 2.75) is 19.3 Å². The fourth-order valence-electron chi connectivity index (χ4n) is 1.51. The topological polar surface area (TPSA) is 0 Å². The van der Waals surface area contributed by atoms with Gasteiger partial charge in [-0.25, -0.2) is 0 Å². The van der Waals surface area contributed by atoms with E-state index in [1.165, 1.54) is 19.3 Å². The fourth-order valence-corrected chi connectivity index (χ4v) is 1.51. The van der Waals surface area contributed by atoms with Crippen LogP contribution in [0, 0.1) is 11.8 Å². The van der Waals surface area contributed by atoms with Crippen molar-refractivity contribution in [1.29, 1.82) is 0 Å². The molecule has 2 radical (unpaired) electrons. The van der Waals surface area contributed by atoms with E-state index >= 15 is 0 Å². The molecular formula is C9H10Cl3Zr. The molecule has 0 unspecified atom stereocenters. The van der Waals surface area contributed by atoms with Gasteiger partial charge in [0.1, 0.15) is 0 Å². The van der Waals surface area contributed by atoms with Crippen LogP contribution in [0.4, 0.5) is 0 Å². The van der Waals surface area contributed by atoms with E-state index in [0.29, 0.717) is 0 Å². The number of hydrogen-bond acceptors (Lipinski definition) is 0. The first kappa shape index (κ1) is 12.3. The zero-order chi connectivity index (χ0) is 9.68. The van der Waals surface area contributed by atoms with Crippen molar-refractivity contribution < 1.29 is 18.2 Å². The Morgan fingerprint density at radius 2 is 1.31 bits per heavy atom. The van der Waals surface area contributed by atoms with E-state index in [4.69, 9.17) is 25.5 Å². The Hall–Kier alpha value is 1.23. The molecule has 0 aromatic heterocycles. The summed E-state index contributed by atoms with van der Waals surface area (Å²) in [6, 6.07) is 0. The Bertz CT molecular complexity index is 180. The van der Waals surface area contributed by atoms with Gasteiger partial charge in [-0.15, -0.1) is 0 Å². The molecule has 0 atom stereocenters. The predicted molar refractivity (Wildman–Crippen MR) is 56.2 cm³/mol. The van der Waals surface area contributed by atoms with Gasteiger partial charge in [0.05, 0.1) is 0 Å². The van der Waals surface area contributed by atoms with Gasteiger partial charge in [-0.2, -0.15) is 0 Å². The standard InChI is InChI=1S/C9H10.3ClH.Zr/c1-2-5-9-7-3-6-8(9)4-1;;;;/h1-2,4-5H,3,6-7H2;3*1H;/q;;;;+3/p-3. The van der Waals surface area contributed by atoms with E-state index < -0.39 is 18.2 Å². The molecule has 13 heavy (non-hydrogen) atoms.